The van der Waals surface area contributed by atoms with E-state index in [-0.39, 0.29) is 12.5 Å². The standard InChI is InChI=1S/C18H24N2O4S/c1-25-12-9-15(16(22)19-10-5-2-6-11-21)20-17(23)13-7-3-4-8-14(13)18(20)24/h3-4,7-8,15,21H,2,5-6,9-12H2,1H3,(H,19,22). The molecule has 1 heterocycles. The maximum Gasteiger partial charge on any atom is 0.262 e. The van der Waals surface area contributed by atoms with E-state index >= 15 is 0 Å². The number of nitrogens with zero attached hydrogens (tertiary/aromatic N) is 1. The van der Waals surface area contributed by atoms with E-state index in [1.165, 1.54) is 0 Å². The van der Waals surface area contributed by atoms with Crippen LogP contribution in [0.15, 0.2) is 24.3 Å². The Morgan fingerprint density at radius 3 is 2.36 bits per heavy atom. The SMILES string of the molecule is CSCCC(C(=O)NCCCCCO)N1C(=O)c2ccccc2C1=O. The van der Waals surface area contributed by atoms with Crippen molar-refractivity contribution in [2.75, 3.05) is 25.2 Å². The molecule has 6 nitrogen and oxygen atoms in total. The Bertz CT molecular complexity index is 600. The number of benzene rings is 1. The topological polar surface area (TPSA) is 86.7 Å². The molecule has 1 unspecified atom stereocenters. The number of rotatable bonds is 10. The molecule has 7 heteroatoms. The number of fused-ring (bicyclic) bond motifs is 1. The van der Waals surface area contributed by atoms with Crippen molar-refractivity contribution in [1.82, 2.24) is 10.2 Å². The molecule has 0 radical (unpaired) electrons. The van der Waals surface area contributed by atoms with E-state index in [2.05, 4.69) is 5.32 Å². The van der Waals surface area contributed by atoms with Crippen molar-refractivity contribution in [1.29, 1.82) is 0 Å². The van der Waals surface area contributed by atoms with Gasteiger partial charge in [0.25, 0.3) is 11.8 Å². The summed E-state index contributed by atoms with van der Waals surface area (Å²) in [6.45, 7) is 0.608. The molecule has 0 bridgehead atoms. The molecule has 2 N–H and O–H groups in total. The van der Waals surface area contributed by atoms with E-state index in [1.54, 1.807) is 36.0 Å². The second-order valence-electron chi connectivity index (χ2n) is 5.90. The zero-order valence-corrected chi connectivity index (χ0v) is 15.2. The molecular weight excluding hydrogens is 340 g/mol. The molecule has 1 aliphatic rings. The lowest BCUT2D eigenvalue weighted by atomic mass is 10.1. The lowest BCUT2D eigenvalue weighted by Crippen LogP contribution is -2.50. The summed E-state index contributed by atoms with van der Waals surface area (Å²) < 4.78 is 0. The molecule has 25 heavy (non-hydrogen) atoms. The first kappa shape index (κ1) is 19.5. The number of carbonyl (C=O) groups is 3. The molecule has 0 saturated heterocycles. The fourth-order valence-electron chi connectivity index (χ4n) is 2.84. The Morgan fingerprint density at radius 1 is 1.16 bits per heavy atom. The lowest BCUT2D eigenvalue weighted by molar-refractivity contribution is -0.125. The summed E-state index contributed by atoms with van der Waals surface area (Å²) in [6, 6.07) is 5.87. The Hall–Kier alpha value is -1.86. The third-order valence-electron chi connectivity index (χ3n) is 4.17. The highest BCUT2D eigenvalue weighted by Crippen LogP contribution is 2.26. The quantitative estimate of drug-likeness (QED) is 0.487. The van der Waals surface area contributed by atoms with Crippen LogP contribution >= 0.6 is 11.8 Å². The number of nitrogens with one attached hydrogen (secondary N) is 1. The molecular formula is C18H24N2O4S. The van der Waals surface area contributed by atoms with Crippen LogP contribution < -0.4 is 5.32 Å². The highest BCUT2D eigenvalue weighted by molar-refractivity contribution is 7.98. The molecule has 0 fully saturated rings. The summed E-state index contributed by atoms with van der Waals surface area (Å²) in [4.78, 5) is 38.9. The Balaban J connectivity index is 2.08. The lowest BCUT2D eigenvalue weighted by Gasteiger charge is -2.25. The first-order valence-electron chi connectivity index (χ1n) is 8.46. The van der Waals surface area contributed by atoms with Gasteiger partial charge in [-0.15, -0.1) is 0 Å². The van der Waals surface area contributed by atoms with Gasteiger partial charge in [-0.2, -0.15) is 11.8 Å². The van der Waals surface area contributed by atoms with Crippen molar-refractivity contribution in [3.8, 4) is 0 Å². The van der Waals surface area contributed by atoms with Crippen LogP contribution in [0.3, 0.4) is 0 Å². The molecule has 0 spiro atoms. The van der Waals surface area contributed by atoms with E-state index in [4.69, 9.17) is 5.11 Å². The van der Waals surface area contributed by atoms with Crippen LogP contribution in [0.4, 0.5) is 0 Å². The second-order valence-corrected chi connectivity index (χ2v) is 6.88. The van der Waals surface area contributed by atoms with Gasteiger partial charge in [0, 0.05) is 13.2 Å². The van der Waals surface area contributed by atoms with Crippen LogP contribution in [0, 0.1) is 0 Å². The molecule has 1 aliphatic heterocycles. The summed E-state index contributed by atoms with van der Waals surface area (Å²) in [7, 11) is 0. The highest BCUT2D eigenvalue weighted by atomic mass is 32.2. The molecule has 0 aromatic heterocycles. The number of amides is 3. The maximum atomic E-state index is 12.6. The number of hydrogen-bond donors (Lipinski definition) is 2. The monoisotopic (exact) mass is 364 g/mol. The van der Waals surface area contributed by atoms with Crippen molar-refractivity contribution in [2.45, 2.75) is 31.7 Å². The van der Waals surface area contributed by atoms with Crippen molar-refractivity contribution in [3.05, 3.63) is 35.4 Å². The van der Waals surface area contributed by atoms with E-state index in [0.29, 0.717) is 36.3 Å². The number of aliphatic hydroxyl groups is 1. The van der Waals surface area contributed by atoms with E-state index in [1.807, 2.05) is 6.26 Å². The van der Waals surface area contributed by atoms with Crippen LogP contribution in [-0.2, 0) is 4.79 Å². The van der Waals surface area contributed by atoms with Crippen molar-refractivity contribution in [2.24, 2.45) is 0 Å². The molecule has 1 aromatic rings. The number of carbonyl (C=O) groups excluding carboxylic acids is 3. The first-order chi connectivity index (χ1) is 12.1. The summed E-state index contributed by atoms with van der Waals surface area (Å²) in [5.74, 6) is -0.424. The molecule has 0 saturated carbocycles. The molecule has 3 amide bonds. The summed E-state index contributed by atoms with van der Waals surface area (Å²) in [5, 5.41) is 11.6. The van der Waals surface area contributed by atoms with Gasteiger partial charge in [-0.1, -0.05) is 12.1 Å². The normalized spacial score (nSPS) is 14.6. The first-order valence-corrected chi connectivity index (χ1v) is 9.85. The molecule has 1 aromatic carbocycles. The van der Waals surface area contributed by atoms with Crippen molar-refractivity contribution >= 4 is 29.5 Å². The fourth-order valence-corrected chi connectivity index (χ4v) is 3.30. The zero-order valence-electron chi connectivity index (χ0n) is 14.4. The maximum absolute atomic E-state index is 12.6. The predicted molar refractivity (Wildman–Crippen MR) is 97.7 cm³/mol. The van der Waals surface area contributed by atoms with Gasteiger partial charge in [-0.25, -0.2) is 0 Å². The minimum Gasteiger partial charge on any atom is -0.396 e. The number of thioether (sulfide) groups is 1. The largest absolute Gasteiger partial charge is 0.396 e. The van der Waals surface area contributed by atoms with E-state index < -0.39 is 17.9 Å². The minimum atomic E-state index is -0.794. The molecule has 136 valence electrons. The minimum absolute atomic E-state index is 0.138. The number of aliphatic hydroxyl groups excluding tert-OH is 1. The van der Waals surface area contributed by atoms with E-state index in [0.717, 1.165) is 17.7 Å². The average Bonchev–Trinajstić information content (AvgIpc) is 2.87. The number of unbranched alkanes of at least 4 members (excludes halogenated alkanes) is 2. The zero-order chi connectivity index (χ0) is 18.2. The van der Waals surface area contributed by atoms with Gasteiger partial charge in [-0.3, -0.25) is 19.3 Å². The van der Waals surface area contributed by atoms with Crippen molar-refractivity contribution < 1.29 is 19.5 Å². The van der Waals surface area contributed by atoms with Gasteiger partial charge in [-0.05, 0) is 49.8 Å². The summed E-state index contributed by atoms with van der Waals surface area (Å²) in [5.41, 5.74) is 0.717. The van der Waals surface area contributed by atoms with Crippen LogP contribution in [0.1, 0.15) is 46.4 Å². The third-order valence-corrected chi connectivity index (χ3v) is 4.81. The van der Waals surface area contributed by atoms with Gasteiger partial charge in [0.15, 0.2) is 0 Å². The third kappa shape index (κ3) is 4.61. The van der Waals surface area contributed by atoms with Gasteiger partial charge < -0.3 is 10.4 Å². The molecule has 0 aliphatic carbocycles. The van der Waals surface area contributed by atoms with Crippen molar-refractivity contribution in [3.63, 3.8) is 0 Å². The van der Waals surface area contributed by atoms with Crippen LogP contribution in [-0.4, -0.2) is 58.9 Å². The molecule has 2 rings (SSSR count). The smallest absolute Gasteiger partial charge is 0.262 e. The van der Waals surface area contributed by atoms with Crippen LogP contribution in [0.5, 0.6) is 0 Å². The van der Waals surface area contributed by atoms with Gasteiger partial charge in [0.1, 0.15) is 6.04 Å². The van der Waals surface area contributed by atoms with E-state index in [9.17, 15) is 14.4 Å². The number of imide groups is 1. The molecule has 1 atom stereocenters. The summed E-state index contributed by atoms with van der Waals surface area (Å²) >= 11 is 1.57. The predicted octanol–water partition coefficient (Wildman–Crippen LogP) is 1.68. The fraction of sp³-hybridized carbons (Fsp3) is 0.500. The van der Waals surface area contributed by atoms with Gasteiger partial charge in [0.05, 0.1) is 11.1 Å². The summed E-state index contributed by atoms with van der Waals surface area (Å²) in [6.07, 6.45) is 4.62. The Morgan fingerprint density at radius 2 is 1.80 bits per heavy atom. The van der Waals surface area contributed by atoms with Gasteiger partial charge in [0.2, 0.25) is 5.91 Å². The van der Waals surface area contributed by atoms with Crippen LogP contribution in [0.2, 0.25) is 0 Å². The van der Waals surface area contributed by atoms with Gasteiger partial charge >= 0.3 is 0 Å². The Kier molecular flexibility index (Phi) is 7.46. The number of hydrogen-bond acceptors (Lipinski definition) is 5. The highest BCUT2D eigenvalue weighted by Gasteiger charge is 2.42. The average molecular weight is 364 g/mol. The second kappa shape index (κ2) is 9.58. The van der Waals surface area contributed by atoms with Crippen LogP contribution in [0.25, 0.3) is 0 Å². The Labute approximate surface area is 152 Å².